The molecular weight excluding hydrogens is 265 g/mol. The normalized spacial score (nSPS) is 11.1. The first kappa shape index (κ1) is 13.5. The fourth-order valence-electron chi connectivity index (χ4n) is 1.01. The van der Waals surface area contributed by atoms with Crippen LogP contribution >= 0.6 is 0 Å². The van der Waals surface area contributed by atoms with Crippen LogP contribution in [0.4, 0.5) is 18.9 Å². The molecule has 8 nitrogen and oxygen atoms in total. The Hall–Kier alpha value is -2.59. The van der Waals surface area contributed by atoms with Crippen LogP contribution in [-0.4, -0.2) is 27.3 Å². The Morgan fingerprint density at radius 3 is 2.44 bits per heavy atom. The van der Waals surface area contributed by atoms with E-state index in [1.165, 1.54) is 4.98 Å². The molecular formula is C7H3F3N2O6. The van der Waals surface area contributed by atoms with Crippen molar-refractivity contribution < 1.29 is 32.7 Å². The lowest BCUT2D eigenvalue weighted by Crippen LogP contribution is -2.24. The highest BCUT2D eigenvalue weighted by Gasteiger charge is 2.34. The summed E-state index contributed by atoms with van der Waals surface area (Å²) in [6.07, 6.45) is -5.23. The molecule has 2 N–H and O–H groups in total. The number of aromatic nitrogens is 1. The summed E-state index contributed by atoms with van der Waals surface area (Å²) in [5, 5.41) is 19.0. The largest absolute Gasteiger partial charge is 0.573 e. The highest BCUT2D eigenvalue weighted by Crippen LogP contribution is 2.24. The molecule has 0 fully saturated rings. The first-order chi connectivity index (χ1) is 8.11. The van der Waals surface area contributed by atoms with Crippen LogP contribution in [0, 0.1) is 10.1 Å². The van der Waals surface area contributed by atoms with Gasteiger partial charge in [-0.3, -0.25) is 14.9 Å². The number of nitrogens with zero attached hydrogens (tertiary/aromatic N) is 1. The average Bonchev–Trinajstić information content (AvgIpc) is 2.17. The molecule has 0 unspecified atom stereocenters. The van der Waals surface area contributed by atoms with Gasteiger partial charge in [-0.15, -0.1) is 13.2 Å². The number of halogens is 3. The molecule has 98 valence electrons. The second kappa shape index (κ2) is 4.35. The van der Waals surface area contributed by atoms with Gasteiger partial charge >= 0.3 is 18.0 Å². The molecule has 1 aromatic rings. The van der Waals surface area contributed by atoms with Crippen LogP contribution in [0.15, 0.2) is 10.9 Å². The number of aromatic carboxylic acids is 1. The van der Waals surface area contributed by atoms with Crippen molar-refractivity contribution in [2.24, 2.45) is 0 Å². The maximum absolute atomic E-state index is 11.9. The Kier molecular flexibility index (Phi) is 3.26. The van der Waals surface area contributed by atoms with Crippen LogP contribution in [-0.2, 0) is 0 Å². The van der Waals surface area contributed by atoms with Gasteiger partial charge in [-0.25, -0.2) is 4.79 Å². The first-order valence-electron chi connectivity index (χ1n) is 4.02. The Labute approximate surface area is 94.8 Å². The van der Waals surface area contributed by atoms with Gasteiger partial charge in [-0.1, -0.05) is 0 Å². The van der Waals surface area contributed by atoms with E-state index in [4.69, 9.17) is 5.11 Å². The Balaban J connectivity index is 3.42. The van der Waals surface area contributed by atoms with Crippen molar-refractivity contribution in [2.45, 2.75) is 6.36 Å². The number of pyridine rings is 1. The van der Waals surface area contributed by atoms with Crippen molar-refractivity contribution in [1.82, 2.24) is 4.98 Å². The second-order valence-electron chi connectivity index (χ2n) is 2.83. The molecule has 0 spiro atoms. The van der Waals surface area contributed by atoms with Crippen molar-refractivity contribution in [1.29, 1.82) is 0 Å². The number of carboxylic acids is 1. The second-order valence-corrected chi connectivity index (χ2v) is 2.83. The van der Waals surface area contributed by atoms with E-state index in [0.717, 1.165) is 0 Å². The summed E-state index contributed by atoms with van der Waals surface area (Å²) in [5.41, 5.74) is -3.91. The smallest absolute Gasteiger partial charge is 0.476 e. The van der Waals surface area contributed by atoms with Crippen molar-refractivity contribution in [2.75, 3.05) is 0 Å². The Morgan fingerprint density at radius 2 is 2.06 bits per heavy atom. The van der Waals surface area contributed by atoms with E-state index >= 15 is 0 Å². The molecule has 0 amide bonds. The van der Waals surface area contributed by atoms with Crippen molar-refractivity contribution in [3.63, 3.8) is 0 Å². The molecule has 1 rings (SSSR count). The molecule has 0 aliphatic heterocycles. The topological polar surface area (TPSA) is 123 Å². The van der Waals surface area contributed by atoms with E-state index < -0.39 is 39.9 Å². The summed E-state index contributed by atoms with van der Waals surface area (Å²) < 4.78 is 38.8. The molecule has 0 aromatic carbocycles. The van der Waals surface area contributed by atoms with Gasteiger partial charge < -0.3 is 14.8 Å². The Bertz CT molecular complexity index is 563. The van der Waals surface area contributed by atoms with Crippen molar-refractivity contribution in [3.8, 4) is 5.75 Å². The highest BCUT2D eigenvalue weighted by atomic mass is 19.4. The minimum absolute atomic E-state index is 0.0930. The van der Waals surface area contributed by atoms with E-state index in [1.807, 2.05) is 0 Å². The number of nitrogens with one attached hydrogen (secondary N) is 1. The molecule has 0 aliphatic carbocycles. The third kappa shape index (κ3) is 2.96. The lowest BCUT2D eigenvalue weighted by atomic mass is 10.3. The summed E-state index contributed by atoms with van der Waals surface area (Å²) in [7, 11) is 0. The number of aromatic amines is 1. The average molecular weight is 268 g/mol. The van der Waals surface area contributed by atoms with Gasteiger partial charge in [0.05, 0.1) is 11.0 Å². The zero-order chi connectivity index (χ0) is 14.1. The fraction of sp³-hybridized carbons (Fsp3) is 0.143. The van der Waals surface area contributed by atoms with Gasteiger partial charge in [0.25, 0.3) is 5.56 Å². The third-order valence-electron chi connectivity index (χ3n) is 1.62. The molecule has 1 heterocycles. The number of hydrogen-bond donors (Lipinski definition) is 2. The number of rotatable bonds is 3. The van der Waals surface area contributed by atoms with Gasteiger partial charge in [0.2, 0.25) is 11.4 Å². The molecule has 0 aliphatic rings. The van der Waals surface area contributed by atoms with Gasteiger partial charge in [-0.05, 0) is 0 Å². The number of carboxylic acid groups (broad SMARTS) is 1. The molecule has 0 saturated heterocycles. The van der Waals surface area contributed by atoms with Gasteiger partial charge in [-0.2, -0.15) is 0 Å². The maximum Gasteiger partial charge on any atom is 0.573 e. The summed E-state index contributed by atoms with van der Waals surface area (Å²) in [5.74, 6) is -3.28. The molecule has 0 bridgehead atoms. The van der Waals surface area contributed by atoms with Gasteiger partial charge in [0, 0.05) is 0 Å². The predicted molar refractivity (Wildman–Crippen MR) is 47.4 cm³/mol. The fourth-order valence-corrected chi connectivity index (χ4v) is 1.01. The predicted octanol–water partition coefficient (Wildman–Crippen LogP) is 0.880. The van der Waals surface area contributed by atoms with Crippen LogP contribution in [0.25, 0.3) is 0 Å². The minimum Gasteiger partial charge on any atom is -0.476 e. The number of alkyl halides is 3. The number of carbonyl (C=O) groups is 1. The highest BCUT2D eigenvalue weighted by molar-refractivity contribution is 5.90. The van der Waals surface area contributed by atoms with E-state index in [1.54, 1.807) is 0 Å². The Morgan fingerprint density at radius 1 is 1.50 bits per heavy atom. The maximum atomic E-state index is 11.9. The lowest BCUT2D eigenvalue weighted by molar-refractivity contribution is -0.385. The monoisotopic (exact) mass is 268 g/mol. The zero-order valence-corrected chi connectivity index (χ0v) is 8.15. The summed E-state index contributed by atoms with van der Waals surface area (Å²) >= 11 is 0. The lowest BCUT2D eigenvalue weighted by Gasteiger charge is -2.08. The summed E-state index contributed by atoms with van der Waals surface area (Å²) in [4.78, 5) is 32.2. The minimum atomic E-state index is -5.23. The van der Waals surface area contributed by atoms with Gasteiger partial charge in [0.1, 0.15) is 0 Å². The van der Waals surface area contributed by atoms with Crippen molar-refractivity contribution >= 4 is 11.7 Å². The molecule has 1 aromatic heterocycles. The molecule has 0 radical (unpaired) electrons. The van der Waals surface area contributed by atoms with Crippen LogP contribution in [0.5, 0.6) is 5.75 Å². The quantitative estimate of drug-likeness (QED) is 0.619. The number of ether oxygens (including phenoxy) is 1. The molecule has 0 atom stereocenters. The van der Waals surface area contributed by atoms with Crippen molar-refractivity contribution in [3.05, 3.63) is 32.2 Å². The number of nitro groups is 1. The third-order valence-corrected chi connectivity index (χ3v) is 1.62. The molecule has 18 heavy (non-hydrogen) atoms. The zero-order valence-electron chi connectivity index (χ0n) is 8.15. The van der Waals surface area contributed by atoms with E-state index in [0.29, 0.717) is 0 Å². The van der Waals surface area contributed by atoms with E-state index in [9.17, 15) is 32.9 Å². The summed E-state index contributed by atoms with van der Waals surface area (Å²) in [6.45, 7) is 0. The van der Waals surface area contributed by atoms with Crippen LogP contribution in [0.2, 0.25) is 0 Å². The van der Waals surface area contributed by atoms with E-state index in [-0.39, 0.29) is 6.07 Å². The van der Waals surface area contributed by atoms with Gasteiger partial charge in [0.15, 0.2) is 0 Å². The number of H-pyrrole nitrogens is 1. The number of hydrogen-bond acceptors (Lipinski definition) is 5. The summed E-state index contributed by atoms with van der Waals surface area (Å²) in [6, 6.07) is 0.0930. The SMILES string of the molecule is O=C(O)c1[nH]c(=O)c(OC(F)(F)F)cc1[N+](=O)[O-]. The van der Waals surface area contributed by atoms with E-state index in [2.05, 4.69) is 4.74 Å². The standard InChI is InChI=1S/C7H3F3N2O6/c8-7(9,10)18-3-1-2(12(16)17)4(6(14)15)11-5(3)13/h1H,(H,11,13)(H,14,15). The molecule has 0 saturated carbocycles. The molecule has 11 heteroatoms. The van der Waals surface area contributed by atoms with Crippen LogP contribution < -0.4 is 10.3 Å². The van der Waals surface area contributed by atoms with Crippen LogP contribution in [0.3, 0.4) is 0 Å². The first-order valence-corrected chi connectivity index (χ1v) is 4.02. The van der Waals surface area contributed by atoms with Crippen LogP contribution in [0.1, 0.15) is 10.5 Å².